The number of hydrogen-bond donors (Lipinski definition) is 1. The molecule has 0 amide bonds. The van der Waals surface area contributed by atoms with Crippen LogP contribution in [0.3, 0.4) is 0 Å². The molecule has 2 aromatic rings. The number of carboxylic acids is 1. The maximum atomic E-state index is 13.6. The van der Waals surface area contributed by atoms with Crippen molar-refractivity contribution in [3.8, 4) is 11.4 Å². The van der Waals surface area contributed by atoms with E-state index in [0.29, 0.717) is 5.69 Å². The minimum atomic E-state index is -0.986. The van der Waals surface area contributed by atoms with Gasteiger partial charge in [-0.2, -0.15) is 4.68 Å². The van der Waals surface area contributed by atoms with Crippen LogP contribution >= 0.6 is 11.8 Å². The molecule has 1 aromatic carbocycles. The number of ether oxygens (including phenoxy) is 1. The van der Waals surface area contributed by atoms with Gasteiger partial charge in [0.25, 0.3) is 0 Å². The summed E-state index contributed by atoms with van der Waals surface area (Å²) in [5.74, 6) is -1.61. The van der Waals surface area contributed by atoms with Crippen molar-refractivity contribution in [2.45, 2.75) is 5.16 Å². The Kier molecular flexibility index (Phi) is 3.95. The molecule has 1 N–H and O–H groups in total. The van der Waals surface area contributed by atoms with Gasteiger partial charge < -0.3 is 9.84 Å². The van der Waals surface area contributed by atoms with Gasteiger partial charge >= 0.3 is 5.97 Å². The Morgan fingerprint density at radius 2 is 2.37 bits per heavy atom. The van der Waals surface area contributed by atoms with Crippen molar-refractivity contribution in [3.63, 3.8) is 0 Å². The number of aromatic nitrogens is 4. The lowest BCUT2D eigenvalue weighted by molar-refractivity contribution is -0.133. The van der Waals surface area contributed by atoms with E-state index in [1.807, 2.05) is 0 Å². The predicted molar refractivity (Wildman–Crippen MR) is 64.0 cm³/mol. The summed E-state index contributed by atoms with van der Waals surface area (Å²) in [6.07, 6.45) is 0. The van der Waals surface area contributed by atoms with E-state index in [4.69, 9.17) is 9.84 Å². The molecule has 0 radical (unpaired) electrons. The van der Waals surface area contributed by atoms with Gasteiger partial charge in [-0.25, -0.2) is 4.39 Å². The summed E-state index contributed by atoms with van der Waals surface area (Å²) in [7, 11) is 1.36. The molecule has 0 spiro atoms. The number of hydrogen-bond acceptors (Lipinski definition) is 6. The van der Waals surface area contributed by atoms with Crippen molar-refractivity contribution in [3.05, 3.63) is 24.0 Å². The van der Waals surface area contributed by atoms with Gasteiger partial charge in [-0.3, -0.25) is 4.79 Å². The van der Waals surface area contributed by atoms with Gasteiger partial charge in [0.2, 0.25) is 5.16 Å². The molecular formula is C10H9FN4O3S. The highest BCUT2D eigenvalue weighted by Crippen LogP contribution is 2.22. The molecule has 7 nitrogen and oxygen atoms in total. The third-order valence-electron chi connectivity index (χ3n) is 2.15. The van der Waals surface area contributed by atoms with Crippen molar-refractivity contribution in [1.82, 2.24) is 20.2 Å². The summed E-state index contributed by atoms with van der Waals surface area (Å²) in [4.78, 5) is 10.5. The summed E-state index contributed by atoms with van der Waals surface area (Å²) in [6, 6.07) is 4.22. The summed E-state index contributed by atoms with van der Waals surface area (Å²) >= 11 is 0.946. The topological polar surface area (TPSA) is 90.1 Å². The van der Waals surface area contributed by atoms with Crippen molar-refractivity contribution in [1.29, 1.82) is 0 Å². The zero-order valence-corrected chi connectivity index (χ0v) is 10.6. The van der Waals surface area contributed by atoms with E-state index in [2.05, 4.69) is 15.5 Å². The maximum absolute atomic E-state index is 13.6. The summed E-state index contributed by atoms with van der Waals surface area (Å²) in [5.41, 5.74) is 0.385. The van der Waals surface area contributed by atoms with Gasteiger partial charge in [0.1, 0.15) is 0 Å². The molecule has 0 saturated carbocycles. The first kappa shape index (κ1) is 13.3. The molecule has 0 aliphatic heterocycles. The Balaban J connectivity index is 2.29. The number of carboxylic acid groups (broad SMARTS) is 1. The number of halogens is 1. The van der Waals surface area contributed by atoms with Gasteiger partial charge in [0.15, 0.2) is 11.6 Å². The molecule has 1 aromatic heterocycles. The van der Waals surface area contributed by atoms with E-state index in [1.54, 1.807) is 6.07 Å². The standard InChI is InChI=1S/C10H9FN4O3S/c1-18-8-3-2-6(4-7(8)11)15-10(12-13-14-15)19-5-9(16)17/h2-4H,5H2,1H3,(H,16,17). The van der Waals surface area contributed by atoms with E-state index >= 15 is 0 Å². The van der Waals surface area contributed by atoms with Crippen LogP contribution in [0, 0.1) is 5.82 Å². The quantitative estimate of drug-likeness (QED) is 0.818. The number of thioether (sulfide) groups is 1. The first-order valence-electron chi connectivity index (χ1n) is 5.08. The maximum Gasteiger partial charge on any atom is 0.313 e. The number of rotatable bonds is 5. The highest BCUT2D eigenvalue weighted by Gasteiger charge is 2.12. The van der Waals surface area contributed by atoms with E-state index in [-0.39, 0.29) is 16.7 Å². The van der Waals surface area contributed by atoms with Gasteiger partial charge in [0.05, 0.1) is 18.6 Å². The zero-order chi connectivity index (χ0) is 13.8. The Hall–Kier alpha value is -2.16. The zero-order valence-electron chi connectivity index (χ0n) is 9.78. The van der Waals surface area contributed by atoms with Crippen LogP contribution in [0.2, 0.25) is 0 Å². The molecule has 0 fully saturated rings. The summed E-state index contributed by atoms with van der Waals surface area (Å²) in [5, 5.41) is 19.7. The molecule has 19 heavy (non-hydrogen) atoms. The van der Waals surface area contributed by atoms with E-state index in [0.717, 1.165) is 11.8 Å². The van der Waals surface area contributed by atoms with Crippen LogP contribution in [0.5, 0.6) is 5.75 Å². The summed E-state index contributed by atoms with van der Waals surface area (Å²) in [6.45, 7) is 0. The van der Waals surface area contributed by atoms with Crippen LogP contribution in [0.15, 0.2) is 23.4 Å². The second-order valence-electron chi connectivity index (χ2n) is 3.37. The number of carbonyl (C=O) groups is 1. The lowest BCUT2D eigenvalue weighted by atomic mass is 10.3. The van der Waals surface area contributed by atoms with Gasteiger partial charge in [0, 0.05) is 6.07 Å². The van der Waals surface area contributed by atoms with Crippen molar-refractivity contribution in [2.24, 2.45) is 0 Å². The highest BCUT2D eigenvalue weighted by atomic mass is 32.2. The Morgan fingerprint density at radius 1 is 1.58 bits per heavy atom. The molecule has 0 unspecified atom stereocenters. The second kappa shape index (κ2) is 5.65. The first-order valence-corrected chi connectivity index (χ1v) is 6.07. The fourth-order valence-electron chi connectivity index (χ4n) is 1.34. The van der Waals surface area contributed by atoms with Gasteiger partial charge in [-0.05, 0) is 22.6 Å². The minimum Gasteiger partial charge on any atom is -0.494 e. The molecule has 9 heteroatoms. The van der Waals surface area contributed by atoms with Gasteiger partial charge in [-0.1, -0.05) is 11.8 Å². The first-order chi connectivity index (χ1) is 9.11. The van der Waals surface area contributed by atoms with Crippen LogP contribution in [-0.4, -0.2) is 44.1 Å². The Bertz CT molecular complexity index is 604. The van der Waals surface area contributed by atoms with Crippen molar-refractivity contribution >= 4 is 17.7 Å². The third-order valence-corrected chi connectivity index (χ3v) is 3.05. The van der Waals surface area contributed by atoms with E-state index < -0.39 is 11.8 Å². The largest absolute Gasteiger partial charge is 0.494 e. The second-order valence-corrected chi connectivity index (χ2v) is 4.32. The number of aliphatic carboxylic acids is 1. The molecule has 0 aliphatic rings. The van der Waals surface area contributed by atoms with Crippen LogP contribution in [0.25, 0.3) is 5.69 Å². The van der Waals surface area contributed by atoms with Crippen LogP contribution in [0.1, 0.15) is 0 Å². The SMILES string of the molecule is COc1ccc(-n2nnnc2SCC(=O)O)cc1F. The fraction of sp³-hybridized carbons (Fsp3) is 0.200. The Labute approximate surface area is 111 Å². The van der Waals surface area contributed by atoms with E-state index in [9.17, 15) is 9.18 Å². The summed E-state index contributed by atoms with van der Waals surface area (Å²) < 4.78 is 19.6. The molecular weight excluding hydrogens is 275 g/mol. The van der Waals surface area contributed by atoms with Crippen molar-refractivity contribution < 1.29 is 19.0 Å². The van der Waals surface area contributed by atoms with Crippen LogP contribution in [0.4, 0.5) is 4.39 Å². The lowest BCUT2D eigenvalue weighted by Crippen LogP contribution is -2.03. The van der Waals surface area contributed by atoms with Crippen molar-refractivity contribution in [2.75, 3.05) is 12.9 Å². The number of tetrazole rings is 1. The minimum absolute atomic E-state index is 0.108. The monoisotopic (exact) mass is 284 g/mol. The van der Waals surface area contributed by atoms with Crippen LogP contribution in [-0.2, 0) is 4.79 Å². The normalized spacial score (nSPS) is 10.4. The molecule has 100 valence electrons. The number of methoxy groups -OCH3 is 1. The molecule has 1 heterocycles. The molecule has 2 rings (SSSR count). The highest BCUT2D eigenvalue weighted by molar-refractivity contribution is 7.99. The molecule has 0 atom stereocenters. The third kappa shape index (κ3) is 2.99. The Morgan fingerprint density at radius 3 is 3.00 bits per heavy atom. The molecule has 0 bridgehead atoms. The molecule has 0 aliphatic carbocycles. The molecule has 0 saturated heterocycles. The average molecular weight is 284 g/mol. The number of nitrogens with zero attached hydrogens (tertiary/aromatic N) is 4. The van der Waals surface area contributed by atoms with E-state index in [1.165, 1.54) is 23.9 Å². The number of benzene rings is 1. The van der Waals surface area contributed by atoms with Crippen LogP contribution < -0.4 is 4.74 Å². The smallest absolute Gasteiger partial charge is 0.313 e. The average Bonchev–Trinajstić information content (AvgIpc) is 2.84. The van der Waals surface area contributed by atoms with Gasteiger partial charge in [-0.15, -0.1) is 5.10 Å². The lowest BCUT2D eigenvalue weighted by Gasteiger charge is -2.06. The predicted octanol–water partition coefficient (Wildman–Crippen LogP) is 0.987. The fourth-order valence-corrected chi connectivity index (χ4v) is 1.96.